The van der Waals surface area contributed by atoms with Crippen molar-refractivity contribution < 1.29 is 19.5 Å². The van der Waals surface area contributed by atoms with Gasteiger partial charge in [-0.1, -0.05) is 29.8 Å². The molecule has 4 rings (SSSR count). The van der Waals surface area contributed by atoms with E-state index in [0.29, 0.717) is 29.8 Å². The first-order valence-electron chi connectivity index (χ1n) is 10.3. The quantitative estimate of drug-likeness (QED) is 0.415. The molecule has 2 heterocycles. The van der Waals surface area contributed by atoms with E-state index in [1.165, 1.54) is 36.4 Å². The summed E-state index contributed by atoms with van der Waals surface area (Å²) in [5, 5.41) is 19.2. The Morgan fingerprint density at radius 2 is 1.39 bits per heavy atom. The molecule has 1 aliphatic heterocycles. The number of amides is 2. The molecule has 0 aliphatic carbocycles. The monoisotopic (exact) mass is 464 g/mol. The number of aromatic hydroxyl groups is 1. The van der Waals surface area contributed by atoms with Gasteiger partial charge < -0.3 is 21.1 Å². The number of hydrogen-bond donors (Lipinski definition) is 4. The maximum atomic E-state index is 12.7. The molecule has 1 aliphatic rings. The van der Waals surface area contributed by atoms with Crippen molar-refractivity contribution >= 4 is 29.2 Å². The lowest BCUT2D eigenvalue weighted by atomic mass is 10.0. The summed E-state index contributed by atoms with van der Waals surface area (Å²) in [6.07, 6.45) is 3.09. The lowest BCUT2D eigenvalue weighted by Crippen LogP contribution is -2.51. The van der Waals surface area contributed by atoms with E-state index in [4.69, 9.17) is 11.6 Å². The molecule has 0 saturated carbocycles. The van der Waals surface area contributed by atoms with Gasteiger partial charge in [-0.3, -0.25) is 19.4 Å². The van der Waals surface area contributed by atoms with Gasteiger partial charge in [-0.2, -0.15) is 0 Å². The van der Waals surface area contributed by atoms with Crippen molar-refractivity contribution in [3.63, 3.8) is 0 Å². The molecule has 8 nitrogen and oxygen atoms in total. The molecular weight excluding hydrogens is 444 g/mol. The zero-order valence-electron chi connectivity index (χ0n) is 17.4. The molecule has 9 heteroatoms. The minimum absolute atomic E-state index is 0.0875. The summed E-state index contributed by atoms with van der Waals surface area (Å²) < 4.78 is 0. The number of nitrogens with one attached hydrogen (secondary N) is 3. The highest BCUT2D eigenvalue weighted by Gasteiger charge is 2.30. The normalized spacial score (nSPS) is 17.4. The first-order valence-corrected chi connectivity index (χ1v) is 10.7. The standard InChI is InChI=1S/C24H21ClN4O4/c25-18-3-1-2-17(22(18)31)21(30)14-4-6-15(7-5-14)23(32)28-19-12-27-13-20(19)29-24(33)16-8-10-26-11-9-16/h1-11,19-20,27,31H,12-13H2,(H,28,32)(H,29,33)/t19?,20-/m1/s1. The third kappa shape index (κ3) is 5.02. The Morgan fingerprint density at radius 1 is 0.848 bits per heavy atom. The Bertz CT molecular complexity index is 1180. The zero-order chi connectivity index (χ0) is 23.4. The number of rotatable bonds is 6. The summed E-state index contributed by atoms with van der Waals surface area (Å²) >= 11 is 5.88. The van der Waals surface area contributed by atoms with Crippen LogP contribution in [0.1, 0.15) is 36.6 Å². The Morgan fingerprint density at radius 3 is 2.00 bits per heavy atom. The predicted molar refractivity (Wildman–Crippen MR) is 123 cm³/mol. The topological polar surface area (TPSA) is 120 Å². The van der Waals surface area contributed by atoms with Crippen LogP contribution in [0, 0.1) is 0 Å². The number of hydrogen-bond acceptors (Lipinski definition) is 6. The second kappa shape index (κ2) is 9.81. The van der Waals surface area contributed by atoms with Crippen LogP contribution in [0.15, 0.2) is 67.0 Å². The lowest BCUT2D eigenvalue weighted by Gasteiger charge is -2.21. The third-order valence-corrected chi connectivity index (χ3v) is 5.74. The van der Waals surface area contributed by atoms with Gasteiger partial charge in [0.05, 0.1) is 22.7 Å². The Labute approximate surface area is 195 Å². The van der Waals surface area contributed by atoms with Gasteiger partial charge >= 0.3 is 0 Å². The van der Waals surface area contributed by atoms with E-state index in [0.717, 1.165) is 0 Å². The molecule has 0 radical (unpaired) electrons. The number of ketones is 1. The molecule has 2 atom stereocenters. The molecule has 0 bridgehead atoms. The van der Waals surface area contributed by atoms with E-state index < -0.39 is 5.78 Å². The Balaban J connectivity index is 1.40. The number of phenols is 1. The van der Waals surface area contributed by atoms with Crippen LogP contribution in [0.5, 0.6) is 5.75 Å². The molecule has 3 aromatic rings. The van der Waals surface area contributed by atoms with E-state index in [2.05, 4.69) is 20.9 Å². The van der Waals surface area contributed by atoms with Crippen LogP contribution < -0.4 is 16.0 Å². The summed E-state index contributed by atoms with van der Waals surface area (Å²) in [4.78, 5) is 41.7. The highest BCUT2D eigenvalue weighted by Crippen LogP contribution is 2.28. The van der Waals surface area contributed by atoms with E-state index in [1.54, 1.807) is 30.6 Å². The maximum absolute atomic E-state index is 12.7. The number of carbonyl (C=O) groups is 3. The van der Waals surface area contributed by atoms with Crippen molar-refractivity contribution in [2.75, 3.05) is 13.1 Å². The molecule has 4 N–H and O–H groups in total. The van der Waals surface area contributed by atoms with Gasteiger partial charge in [0.1, 0.15) is 5.75 Å². The Hall–Kier alpha value is -3.75. The lowest BCUT2D eigenvalue weighted by molar-refractivity contribution is 0.0896. The van der Waals surface area contributed by atoms with Crippen molar-refractivity contribution in [1.82, 2.24) is 20.9 Å². The average molecular weight is 465 g/mol. The van der Waals surface area contributed by atoms with Crippen molar-refractivity contribution in [2.45, 2.75) is 12.1 Å². The number of aromatic nitrogens is 1. The maximum Gasteiger partial charge on any atom is 0.251 e. The molecule has 168 valence electrons. The van der Waals surface area contributed by atoms with Crippen LogP contribution in [-0.4, -0.2) is 52.9 Å². The summed E-state index contributed by atoms with van der Waals surface area (Å²) in [6.45, 7) is 1.04. The van der Waals surface area contributed by atoms with Gasteiger partial charge in [0, 0.05) is 42.2 Å². The highest BCUT2D eigenvalue weighted by molar-refractivity contribution is 6.33. The molecule has 2 amide bonds. The van der Waals surface area contributed by atoms with Gasteiger partial charge in [0.15, 0.2) is 5.78 Å². The van der Waals surface area contributed by atoms with E-state index in [-0.39, 0.29) is 40.2 Å². The first kappa shape index (κ1) is 22.4. The predicted octanol–water partition coefficient (Wildman–Crippen LogP) is 2.17. The van der Waals surface area contributed by atoms with Crippen molar-refractivity contribution in [1.29, 1.82) is 0 Å². The number of benzene rings is 2. The van der Waals surface area contributed by atoms with Gasteiger partial charge in [0.2, 0.25) is 0 Å². The molecular formula is C24H21ClN4O4. The third-order valence-electron chi connectivity index (χ3n) is 5.43. The summed E-state index contributed by atoms with van der Waals surface area (Å²) in [7, 11) is 0. The second-order valence-corrected chi connectivity index (χ2v) is 8.00. The summed E-state index contributed by atoms with van der Waals surface area (Å²) in [5.41, 5.74) is 1.26. The van der Waals surface area contributed by atoms with Crippen molar-refractivity contribution in [3.8, 4) is 5.75 Å². The number of phenolic OH excluding ortho intramolecular Hbond substituents is 1. The number of carbonyl (C=O) groups excluding carboxylic acids is 3. The molecule has 2 aromatic carbocycles. The summed E-state index contributed by atoms with van der Waals surface area (Å²) in [5.74, 6) is -1.24. The number of pyridine rings is 1. The fourth-order valence-electron chi connectivity index (χ4n) is 3.62. The molecule has 33 heavy (non-hydrogen) atoms. The Kier molecular flexibility index (Phi) is 6.67. The van der Waals surface area contributed by atoms with Gasteiger partial charge in [0.25, 0.3) is 11.8 Å². The SMILES string of the molecule is O=C(NC1CNC[C@H]1NC(=O)c1ccncc1)c1ccc(C(=O)c2cccc(Cl)c2O)cc1. The second-order valence-electron chi connectivity index (χ2n) is 7.60. The van der Waals surface area contributed by atoms with Crippen LogP contribution in [0.3, 0.4) is 0 Å². The largest absolute Gasteiger partial charge is 0.506 e. The molecule has 1 unspecified atom stereocenters. The summed E-state index contributed by atoms with van der Waals surface area (Å²) in [6, 6.07) is 13.3. The van der Waals surface area contributed by atoms with Crippen LogP contribution in [0.2, 0.25) is 5.02 Å². The number of para-hydroxylation sites is 1. The van der Waals surface area contributed by atoms with E-state index in [9.17, 15) is 19.5 Å². The minimum atomic E-state index is -0.402. The van der Waals surface area contributed by atoms with E-state index in [1.807, 2.05) is 0 Å². The van der Waals surface area contributed by atoms with Crippen LogP contribution >= 0.6 is 11.6 Å². The fourth-order valence-corrected chi connectivity index (χ4v) is 3.79. The van der Waals surface area contributed by atoms with Gasteiger partial charge in [-0.15, -0.1) is 0 Å². The van der Waals surface area contributed by atoms with Crippen molar-refractivity contribution in [3.05, 3.63) is 94.3 Å². The smallest absolute Gasteiger partial charge is 0.251 e. The first-order chi connectivity index (χ1) is 15.9. The number of halogens is 1. The zero-order valence-corrected chi connectivity index (χ0v) is 18.2. The fraction of sp³-hybridized carbons (Fsp3) is 0.167. The molecule has 1 aromatic heterocycles. The van der Waals surface area contributed by atoms with Crippen molar-refractivity contribution in [2.24, 2.45) is 0 Å². The molecule has 1 saturated heterocycles. The van der Waals surface area contributed by atoms with Gasteiger partial charge in [-0.25, -0.2) is 0 Å². The highest BCUT2D eigenvalue weighted by atomic mass is 35.5. The minimum Gasteiger partial charge on any atom is -0.506 e. The van der Waals surface area contributed by atoms with Crippen LogP contribution in [0.25, 0.3) is 0 Å². The number of nitrogens with zero attached hydrogens (tertiary/aromatic N) is 1. The van der Waals surface area contributed by atoms with Gasteiger partial charge in [-0.05, 0) is 36.4 Å². The molecule has 0 spiro atoms. The van der Waals surface area contributed by atoms with E-state index >= 15 is 0 Å². The average Bonchev–Trinajstić information content (AvgIpc) is 3.27. The molecule has 1 fully saturated rings. The van der Waals surface area contributed by atoms with Crippen LogP contribution in [0.4, 0.5) is 0 Å². The van der Waals surface area contributed by atoms with Crippen LogP contribution in [-0.2, 0) is 0 Å².